The van der Waals surface area contributed by atoms with Crippen LogP contribution in [0.4, 0.5) is 10.6 Å². The van der Waals surface area contributed by atoms with E-state index in [1.54, 1.807) is 4.90 Å². The number of fused-ring (bicyclic) bond motifs is 1. The number of nitrogens with zero attached hydrogens (tertiary/aromatic N) is 5. The maximum absolute atomic E-state index is 13.6. The van der Waals surface area contributed by atoms with Gasteiger partial charge in [-0.1, -0.05) is 25.1 Å². The minimum atomic E-state index is -0.849. The number of rotatable bonds is 9. The fourth-order valence-electron chi connectivity index (χ4n) is 6.75. The molecule has 2 amide bonds. The normalized spacial score (nSPS) is 21.9. The zero-order valence-corrected chi connectivity index (χ0v) is 25.9. The summed E-state index contributed by atoms with van der Waals surface area (Å²) in [5, 5.41) is 13.8. The van der Waals surface area contributed by atoms with E-state index in [2.05, 4.69) is 29.1 Å². The van der Waals surface area contributed by atoms with Crippen molar-refractivity contribution in [2.45, 2.75) is 32.6 Å². The summed E-state index contributed by atoms with van der Waals surface area (Å²) in [6, 6.07) is 13.8. The highest BCUT2D eigenvalue weighted by Crippen LogP contribution is 2.32. The largest absolute Gasteiger partial charge is 0.465 e. The van der Waals surface area contributed by atoms with Gasteiger partial charge in [0.2, 0.25) is 0 Å². The second kappa shape index (κ2) is 13.1. The molecule has 234 valence electrons. The summed E-state index contributed by atoms with van der Waals surface area (Å²) in [7, 11) is 2.14. The van der Waals surface area contributed by atoms with Gasteiger partial charge in [0.05, 0.1) is 30.0 Å². The van der Waals surface area contributed by atoms with Gasteiger partial charge in [0.15, 0.2) is 0 Å². The molecule has 0 atom stereocenters. The molecule has 3 aliphatic rings. The van der Waals surface area contributed by atoms with Crippen LogP contribution in [0.1, 0.15) is 43.0 Å². The molecule has 2 aliphatic heterocycles. The fourth-order valence-corrected chi connectivity index (χ4v) is 6.75. The second-order valence-electron chi connectivity index (χ2n) is 13.3. The van der Waals surface area contributed by atoms with Gasteiger partial charge in [-0.05, 0) is 68.8 Å². The number of anilines is 1. The van der Waals surface area contributed by atoms with Crippen molar-refractivity contribution >= 4 is 28.7 Å². The van der Waals surface area contributed by atoms with Crippen LogP contribution in [0.25, 0.3) is 22.2 Å². The maximum Gasteiger partial charge on any atom is 0.407 e. The third-order valence-corrected chi connectivity index (χ3v) is 9.57. The molecular weight excluding hydrogens is 556 g/mol. The molecule has 0 radical (unpaired) electrons. The Morgan fingerprint density at radius 3 is 2.43 bits per heavy atom. The van der Waals surface area contributed by atoms with E-state index in [1.165, 1.54) is 0 Å². The van der Waals surface area contributed by atoms with E-state index in [9.17, 15) is 14.7 Å². The van der Waals surface area contributed by atoms with E-state index < -0.39 is 6.09 Å². The van der Waals surface area contributed by atoms with E-state index in [0.717, 1.165) is 79.8 Å². The summed E-state index contributed by atoms with van der Waals surface area (Å²) in [4.78, 5) is 41.3. The van der Waals surface area contributed by atoms with Crippen LogP contribution in [0.3, 0.4) is 0 Å². The molecule has 4 heterocycles. The van der Waals surface area contributed by atoms with Gasteiger partial charge in [0.1, 0.15) is 5.82 Å². The number of hydrogen-bond donors (Lipinski definition) is 2. The number of aromatic nitrogens is 2. The first-order valence-electron chi connectivity index (χ1n) is 15.9. The standard InChI is InChI=1S/C34H44N6O4/c1-34(22-44-23-34)21-40(33(42)43)20-25-9-7-24(8-10-25)18-36-32(41)28-17-30(37-29-6-4-3-5-27(28)29)26-11-12-31(35-19-26)39-15-13-38(2)14-16-39/h3-6,11-12,17,19,24-25H,7-10,13-16,18,20-23H2,1-2H3,(H,36,41)(H,42,43). The summed E-state index contributed by atoms with van der Waals surface area (Å²) in [5.41, 5.74) is 2.95. The molecule has 0 unspecified atom stereocenters. The minimum absolute atomic E-state index is 0.0680. The molecule has 1 aliphatic carbocycles. The number of hydrogen-bond acceptors (Lipinski definition) is 7. The predicted octanol–water partition coefficient (Wildman–Crippen LogP) is 4.60. The van der Waals surface area contributed by atoms with Gasteiger partial charge in [-0.25, -0.2) is 14.8 Å². The van der Waals surface area contributed by atoms with Crippen molar-refractivity contribution in [3.05, 3.63) is 54.2 Å². The summed E-state index contributed by atoms with van der Waals surface area (Å²) >= 11 is 0. The summed E-state index contributed by atoms with van der Waals surface area (Å²) in [5.74, 6) is 1.60. The van der Waals surface area contributed by atoms with Crippen molar-refractivity contribution in [2.75, 3.05) is 71.0 Å². The second-order valence-corrected chi connectivity index (χ2v) is 13.3. The smallest absolute Gasteiger partial charge is 0.407 e. The number of carboxylic acid groups (broad SMARTS) is 1. The number of piperazine rings is 1. The molecule has 3 aromatic rings. The van der Waals surface area contributed by atoms with Gasteiger partial charge in [-0.15, -0.1) is 0 Å². The van der Waals surface area contributed by atoms with Crippen molar-refractivity contribution in [1.29, 1.82) is 0 Å². The number of carbonyl (C=O) groups excluding carboxylic acids is 1. The molecule has 10 nitrogen and oxygen atoms in total. The Bertz CT molecular complexity index is 1460. The summed E-state index contributed by atoms with van der Waals surface area (Å²) in [6.07, 6.45) is 4.90. The SMILES string of the molecule is CN1CCN(c2ccc(-c3cc(C(=O)NCC4CCC(CN(CC5(C)COC5)C(=O)O)CC4)c4ccccc4n3)cn2)CC1. The lowest BCUT2D eigenvalue weighted by Crippen LogP contribution is -2.51. The molecule has 3 fully saturated rings. The van der Waals surface area contributed by atoms with Crippen LogP contribution in [0, 0.1) is 17.3 Å². The lowest BCUT2D eigenvalue weighted by atomic mass is 9.81. The Morgan fingerprint density at radius 1 is 1.05 bits per heavy atom. The van der Waals surface area contributed by atoms with E-state index >= 15 is 0 Å². The Balaban J connectivity index is 1.07. The van der Waals surface area contributed by atoms with Crippen LogP contribution in [-0.2, 0) is 4.74 Å². The first kappa shape index (κ1) is 30.3. The van der Waals surface area contributed by atoms with Crippen LogP contribution in [-0.4, -0.2) is 103 Å². The van der Waals surface area contributed by atoms with Crippen LogP contribution >= 0.6 is 0 Å². The van der Waals surface area contributed by atoms with E-state index in [0.29, 0.717) is 50.2 Å². The molecule has 2 aromatic heterocycles. The number of likely N-dealkylation sites (N-methyl/N-ethyl adjacent to an activating group) is 1. The Kier molecular flexibility index (Phi) is 9.00. The number of benzene rings is 1. The number of nitrogens with one attached hydrogen (secondary N) is 1. The minimum Gasteiger partial charge on any atom is -0.465 e. The van der Waals surface area contributed by atoms with Gasteiger partial charge in [-0.3, -0.25) is 4.79 Å². The average molecular weight is 601 g/mol. The highest BCUT2D eigenvalue weighted by molar-refractivity contribution is 6.07. The Morgan fingerprint density at radius 2 is 1.77 bits per heavy atom. The van der Waals surface area contributed by atoms with Gasteiger partial charge in [0.25, 0.3) is 5.91 Å². The van der Waals surface area contributed by atoms with E-state index in [1.807, 2.05) is 48.7 Å². The number of carbonyl (C=O) groups is 2. The van der Waals surface area contributed by atoms with Crippen molar-refractivity contribution < 1.29 is 19.4 Å². The fraction of sp³-hybridized carbons (Fsp3) is 0.529. The molecule has 2 saturated heterocycles. The molecular formula is C34H44N6O4. The van der Waals surface area contributed by atoms with Gasteiger partial charge < -0.3 is 29.9 Å². The molecule has 2 N–H and O–H groups in total. The third-order valence-electron chi connectivity index (χ3n) is 9.57. The maximum atomic E-state index is 13.6. The highest BCUT2D eigenvalue weighted by atomic mass is 16.5. The quantitative estimate of drug-likeness (QED) is 0.367. The van der Waals surface area contributed by atoms with Crippen LogP contribution < -0.4 is 10.2 Å². The number of pyridine rings is 2. The molecule has 1 saturated carbocycles. The summed E-state index contributed by atoms with van der Waals surface area (Å²) < 4.78 is 5.32. The molecule has 1 aromatic carbocycles. The zero-order chi connectivity index (χ0) is 30.7. The van der Waals surface area contributed by atoms with Crippen molar-refractivity contribution in [3.63, 3.8) is 0 Å². The third kappa shape index (κ3) is 6.97. The van der Waals surface area contributed by atoms with Crippen LogP contribution in [0.15, 0.2) is 48.7 Å². The van der Waals surface area contributed by atoms with Crippen molar-refractivity contribution in [3.8, 4) is 11.3 Å². The molecule has 0 spiro atoms. The Hall–Kier alpha value is -3.76. The lowest BCUT2D eigenvalue weighted by molar-refractivity contribution is -0.113. The monoisotopic (exact) mass is 600 g/mol. The van der Waals surface area contributed by atoms with Crippen LogP contribution in [0.2, 0.25) is 0 Å². The first-order valence-corrected chi connectivity index (χ1v) is 15.9. The number of amides is 2. The Labute approximate surface area is 259 Å². The molecule has 6 rings (SSSR count). The van der Waals surface area contributed by atoms with Gasteiger partial charge in [0, 0.05) is 68.4 Å². The van der Waals surface area contributed by atoms with Crippen molar-refractivity contribution in [1.82, 2.24) is 25.1 Å². The highest BCUT2D eigenvalue weighted by Gasteiger charge is 2.37. The number of para-hydroxylation sites is 1. The molecule has 44 heavy (non-hydrogen) atoms. The summed E-state index contributed by atoms with van der Waals surface area (Å²) in [6.45, 7) is 8.99. The predicted molar refractivity (Wildman–Crippen MR) is 171 cm³/mol. The number of ether oxygens (including phenoxy) is 1. The molecule has 0 bridgehead atoms. The lowest BCUT2D eigenvalue weighted by Gasteiger charge is -2.42. The topological polar surface area (TPSA) is 111 Å². The van der Waals surface area contributed by atoms with E-state index in [-0.39, 0.29) is 11.3 Å². The van der Waals surface area contributed by atoms with Crippen LogP contribution in [0.5, 0.6) is 0 Å². The molecule has 10 heteroatoms. The van der Waals surface area contributed by atoms with Gasteiger partial charge >= 0.3 is 6.09 Å². The van der Waals surface area contributed by atoms with Crippen molar-refractivity contribution in [2.24, 2.45) is 17.3 Å². The van der Waals surface area contributed by atoms with Gasteiger partial charge in [-0.2, -0.15) is 0 Å². The van der Waals surface area contributed by atoms with E-state index in [4.69, 9.17) is 14.7 Å². The average Bonchev–Trinajstić information content (AvgIpc) is 3.03. The zero-order valence-electron chi connectivity index (χ0n) is 25.9. The first-order chi connectivity index (χ1) is 21.3.